The number of amides is 1. The monoisotopic (exact) mass is 228 g/mol. The number of hydrogen-bond donors (Lipinski definition) is 3. The molecule has 5 nitrogen and oxygen atoms in total. The first-order valence-corrected chi connectivity index (χ1v) is 5.97. The van der Waals surface area contributed by atoms with E-state index in [-0.39, 0.29) is 24.6 Å². The maximum atomic E-state index is 11.7. The summed E-state index contributed by atoms with van der Waals surface area (Å²) < 4.78 is 5.31. The molecule has 2 saturated heterocycles. The van der Waals surface area contributed by atoms with E-state index in [0.29, 0.717) is 13.0 Å². The lowest BCUT2D eigenvalue weighted by atomic mass is 9.96. The molecule has 2 unspecified atom stereocenters. The topological polar surface area (TPSA) is 70.6 Å². The highest BCUT2D eigenvalue weighted by molar-refractivity contribution is 5.82. The molecule has 0 spiro atoms. The average molecular weight is 228 g/mol. The third-order valence-electron chi connectivity index (χ3n) is 3.61. The highest BCUT2D eigenvalue weighted by atomic mass is 16.5. The van der Waals surface area contributed by atoms with Crippen molar-refractivity contribution in [2.45, 2.75) is 43.9 Å². The number of rotatable bonds is 3. The molecule has 2 rings (SSSR count). The standard InChI is InChI=1S/C11H20N2O3/c1-8-11(15,4-6-16-8)7-13-10(14)9-3-2-5-12-9/h8-9,12,15H,2-7H2,1H3,(H,13,14)/t8?,9-,11?/m1/s1. The molecular formula is C11H20N2O3. The molecule has 16 heavy (non-hydrogen) atoms. The number of nitrogens with one attached hydrogen (secondary N) is 2. The minimum absolute atomic E-state index is 0.00924. The van der Waals surface area contributed by atoms with E-state index < -0.39 is 5.60 Å². The Kier molecular flexibility index (Phi) is 3.47. The summed E-state index contributed by atoms with van der Waals surface area (Å²) >= 11 is 0. The Morgan fingerprint density at radius 3 is 3.06 bits per heavy atom. The van der Waals surface area contributed by atoms with Crippen LogP contribution in [0.25, 0.3) is 0 Å². The molecule has 92 valence electrons. The summed E-state index contributed by atoms with van der Waals surface area (Å²) in [6.07, 6.45) is 2.31. The number of ether oxygens (including phenoxy) is 1. The first-order chi connectivity index (χ1) is 7.62. The summed E-state index contributed by atoms with van der Waals surface area (Å²) in [6, 6.07) is -0.0822. The lowest BCUT2D eigenvalue weighted by Gasteiger charge is -2.26. The molecule has 2 fully saturated rings. The highest BCUT2D eigenvalue weighted by Crippen LogP contribution is 2.24. The third kappa shape index (κ3) is 2.36. The van der Waals surface area contributed by atoms with Gasteiger partial charge in [-0.2, -0.15) is 0 Å². The van der Waals surface area contributed by atoms with Gasteiger partial charge in [-0.3, -0.25) is 4.79 Å². The minimum atomic E-state index is -0.895. The summed E-state index contributed by atoms with van der Waals surface area (Å²) in [6.45, 7) is 3.59. The summed E-state index contributed by atoms with van der Waals surface area (Å²) in [7, 11) is 0. The second-order valence-electron chi connectivity index (χ2n) is 4.73. The van der Waals surface area contributed by atoms with Crippen LogP contribution in [0.5, 0.6) is 0 Å². The Balaban J connectivity index is 1.80. The number of hydrogen-bond acceptors (Lipinski definition) is 4. The normalized spacial score (nSPS) is 38.9. The van der Waals surface area contributed by atoms with Crippen LogP contribution in [0.2, 0.25) is 0 Å². The summed E-state index contributed by atoms with van der Waals surface area (Å²) in [5.41, 5.74) is -0.895. The molecule has 2 aliphatic rings. The van der Waals surface area contributed by atoms with Crippen molar-refractivity contribution in [3.05, 3.63) is 0 Å². The fourth-order valence-electron chi connectivity index (χ4n) is 2.27. The zero-order chi connectivity index (χ0) is 11.6. The second-order valence-corrected chi connectivity index (χ2v) is 4.73. The van der Waals surface area contributed by atoms with Gasteiger partial charge in [-0.25, -0.2) is 0 Å². The molecule has 0 saturated carbocycles. The van der Waals surface area contributed by atoms with Crippen LogP contribution in [0.3, 0.4) is 0 Å². The molecule has 5 heteroatoms. The maximum Gasteiger partial charge on any atom is 0.237 e. The van der Waals surface area contributed by atoms with E-state index in [9.17, 15) is 9.90 Å². The Hall–Kier alpha value is -0.650. The van der Waals surface area contributed by atoms with Crippen LogP contribution in [0.1, 0.15) is 26.2 Å². The van der Waals surface area contributed by atoms with Crippen LogP contribution in [-0.4, -0.2) is 48.5 Å². The molecule has 0 aromatic carbocycles. The van der Waals surface area contributed by atoms with E-state index in [4.69, 9.17) is 4.74 Å². The van der Waals surface area contributed by atoms with Gasteiger partial charge in [-0.05, 0) is 26.3 Å². The van der Waals surface area contributed by atoms with Crippen molar-refractivity contribution < 1.29 is 14.6 Å². The largest absolute Gasteiger partial charge is 0.385 e. The Labute approximate surface area is 95.5 Å². The van der Waals surface area contributed by atoms with Crippen molar-refractivity contribution in [2.75, 3.05) is 19.7 Å². The van der Waals surface area contributed by atoms with E-state index in [1.165, 1.54) is 0 Å². The molecule has 1 amide bonds. The van der Waals surface area contributed by atoms with Crippen molar-refractivity contribution in [2.24, 2.45) is 0 Å². The summed E-state index contributed by atoms with van der Waals surface area (Å²) in [5, 5.41) is 16.1. The molecule has 2 heterocycles. The Bertz CT molecular complexity index is 266. The fourth-order valence-corrected chi connectivity index (χ4v) is 2.27. The van der Waals surface area contributed by atoms with Gasteiger partial charge in [-0.1, -0.05) is 0 Å². The van der Waals surface area contributed by atoms with Crippen LogP contribution >= 0.6 is 0 Å². The smallest absolute Gasteiger partial charge is 0.237 e. The van der Waals surface area contributed by atoms with E-state index in [1.807, 2.05) is 6.92 Å². The number of carbonyl (C=O) groups excluding carboxylic acids is 1. The zero-order valence-electron chi connectivity index (χ0n) is 9.66. The van der Waals surface area contributed by atoms with Crippen LogP contribution in [0, 0.1) is 0 Å². The number of aliphatic hydroxyl groups is 1. The quantitative estimate of drug-likeness (QED) is 0.603. The summed E-state index contributed by atoms with van der Waals surface area (Å²) in [4.78, 5) is 11.7. The Morgan fingerprint density at radius 2 is 2.50 bits per heavy atom. The van der Waals surface area contributed by atoms with Crippen molar-refractivity contribution in [1.82, 2.24) is 10.6 Å². The average Bonchev–Trinajstić information content (AvgIpc) is 2.87. The van der Waals surface area contributed by atoms with Gasteiger partial charge in [0.05, 0.1) is 12.1 Å². The van der Waals surface area contributed by atoms with Gasteiger partial charge in [0.25, 0.3) is 0 Å². The zero-order valence-corrected chi connectivity index (χ0v) is 9.66. The van der Waals surface area contributed by atoms with E-state index in [0.717, 1.165) is 19.4 Å². The van der Waals surface area contributed by atoms with Crippen LogP contribution in [0.4, 0.5) is 0 Å². The van der Waals surface area contributed by atoms with Gasteiger partial charge < -0.3 is 20.5 Å². The number of carbonyl (C=O) groups is 1. The van der Waals surface area contributed by atoms with Crippen molar-refractivity contribution in [1.29, 1.82) is 0 Å². The van der Waals surface area contributed by atoms with Crippen molar-refractivity contribution in [3.8, 4) is 0 Å². The van der Waals surface area contributed by atoms with Crippen LogP contribution < -0.4 is 10.6 Å². The molecule has 3 N–H and O–H groups in total. The van der Waals surface area contributed by atoms with Crippen molar-refractivity contribution in [3.63, 3.8) is 0 Å². The van der Waals surface area contributed by atoms with E-state index >= 15 is 0 Å². The van der Waals surface area contributed by atoms with Crippen molar-refractivity contribution >= 4 is 5.91 Å². The molecule has 0 aliphatic carbocycles. The molecular weight excluding hydrogens is 208 g/mol. The lowest BCUT2D eigenvalue weighted by Crippen LogP contribution is -2.50. The Morgan fingerprint density at radius 1 is 1.69 bits per heavy atom. The third-order valence-corrected chi connectivity index (χ3v) is 3.61. The van der Waals surface area contributed by atoms with E-state index in [2.05, 4.69) is 10.6 Å². The van der Waals surface area contributed by atoms with Gasteiger partial charge in [0.2, 0.25) is 5.91 Å². The SMILES string of the molecule is CC1OCCC1(O)CNC(=O)[C@H]1CCCN1. The molecule has 0 radical (unpaired) electrons. The van der Waals surface area contributed by atoms with Crippen LogP contribution in [-0.2, 0) is 9.53 Å². The van der Waals surface area contributed by atoms with Gasteiger partial charge in [-0.15, -0.1) is 0 Å². The first-order valence-electron chi connectivity index (χ1n) is 5.97. The lowest BCUT2D eigenvalue weighted by molar-refractivity contribution is -0.124. The highest BCUT2D eigenvalue weighted by Gasteiger charge is 2.40. The van der Waals surface area contributed by atoms with Gasteiger partial charge >= 0.3 is 0 Å². The fraction of sp³-hybridized carbons (Fsp3) is 0.909. The minimum Gasteiger partial charge on any atom is -0.385 e. The van der Waals surface area contributed by atoms with Crippen LogP contribution in [0.15, 0.2) is 0 Å². The molecule has 0 aromatic heterocycles. The van der Waals surface area contributed by atoms with Gasteiger partial charge in [0.15, 0.2) is 0 Å². The van der Waals surface area contributed by atoms with E-state index in [1.54, 1.807) is 0 Å². The van der Waals surface area contributed by atoms with Gasteiger partial charge in [0, 0.05) is 19.6 Å². The first kappa shape index (κ1) is 11.8. The summed E-state index contributed by atoms with van der Waals surface area (Å²) in [5.74, 6) is -0.00924. The second kappa shape index (κ2) is 4.69. The molecule has 0 aromatic rings. The molecule has 0 bridgehead atoms. The predicted octanol–water partition coefficient (Wildman–Crippen LogP) is -0.605. The maximum absolute atomic E-state index is 11.7. The predicted molar refractivity (Wildman–Crippen MR) is 59.0 cm³/mol. The molecule has 3 atom stereocenters. The van der Waals surface area contributed by atoms with Gasteiger partial charge in [0.1, 0.15) is 5.60 Å². The molecule has 2 aliphatic heterocycles.